The molecule has 0 aliphatic heterocycles. The summed E-state index contributed by atoms with van der Waals surface area (Å²) < 4.78 is 10.1. The van der Waals surface area contributed by atoms with E-state index in [9.17, 15) is 4.79 Å². The van der Waals surface area contributed by atoms with Gasteiger partial charge in [-0.3, -0.25) is 4.90 Å². The van der Waals surface area contributed by atoms with Gasteiger partial charge in [-0.1, -0.05) is 20.8 Å². The van der Waals surface area contributed by atoms with Gasteiger partial charge in [-0.25, -0.2) is 4.79 Å². The molecule has 0 aliphatic carbocycles. The maximum atomic E-state index is 11.3. The van der Waals surface area contributed by atoms with E-state index < -0.39 is 5.97 Å². The van der Waals surface area contributed by atoms with Crippen LogP contribution in [0.1, 0.15) is 37.1 Å². The van der Waals surface area contributed by atoms with Crippen LogP contribution < -0.4 is 5.73 Å². The van der Waals surface area contributed by atoms with Crippen LogP contribution in [0, 0.1) is 5.41 Å². The molecular formula is C14H24N2O3. The molecule has 19 heavy (non-hydrogen) atoms. The van der Waals surface area contributed by atoms with E-state index >= 15 is 0 Å². The van der Waals surface area contributed by atoms with E-state index in [2.05, 4.69) is 30.4 Å². The first-order valence-corrected chi connectivity index (χ1v) is 6.51. The molecule has 0 aliphatic rings. The largest absolute Gasteiger partial charge is 0.463 e. The maximum absolute atomic E-state index is 11.3. The van der Waals surface area contributed by atoms with E-state index in [4.69, 9.17) is 10.2 Å². The van der Waals surface area contributed by atoms with Crippen molar-refractivity contribution in [2.75, 3.05) is 26.7 Å². The summed E-state index contributed by atoms with van der Waals surface area (Å²) in [5.41, 5.74) is 5.82. The van der Waals surface area contributed by atoms with Gasteiger partial charge in [-0.2, -0.15) is 0 Å². The molecule has 0 amide bonds. The first-order chi connectivity index (χ1) is 8.91. The number of ether oxygens (including phenoxy) is 1. The minimum Gasteiger partial charge on any atom is -0.463 e. The highest BCUT2D eigenvalue weighted by atomic mass is 16.5. The van der Waals surface area contributed by atoms with E-state index in [0.29, 0.717) is 13.1 Å². The van der Waals surface area contributed by atoms with Crippen molar-refractivity contribution in [3.63, 3.8) is 0 Å². The van der Waals surface area contributed by atoms with Crippen LogP contribution in [-0.2, 0) is 11.3 Å². The van der Waals surface area contributed by atoms with Crippen LogP contribution in [0.15, 0.2) is 16.5 Å². The van der Waals surface area contributed by atoms with Gasteiger partial charge in [0.15, 0.2) is 0 Å². The van der Waals surface area contributed by atoms with Gasteiger partial charge in [0, 0.05) is 6.54 Å². The Morgan fingerprint density at radius 3 is 2.68 bits per heavy atom. The van der Waals surface area contributed by atoms with Crippen LogP contribution in [0.3, 0.4) is 0 Å². The highest BCUT2D eigenvalue weighted by molar-refractivity contribution is 5.86. The summed E-state index contributed by atoms with van der Waals surface area (Å²) in [6.07, 6.45) is 0. The van der Waals surface area contributed by atoms with Crippen LogP contribution in [0.25, 0.3) is 0 Å². The van der Waals surface area contributed by atoms with E-state index in [-0.39, 0.29) is 11.2 Å². The number of carbonyl (C=O) groups is 1. The number of hydrogen-bond donors (Lipinski definition) is 1. The molecule has 0 saturated carbocycles. The molecule has 0 saturated heterocycles. The first-order valence-electron chi connectivity index (χ1n) is 6.51. The van der Waals surface area contributed by atoms with Crippen LogP contribution in [0.2, 0.25) is 0 Å². The Labute approximate surface area is 114 Å². The second-order valence-electron chi connectivity index (χ2n) is 5.43. The van der Waals surface area contributed by atoms with E-state index in [1.807, 2.05) is 6.07 Å². The molecule has 0 bridgehead atoms. The topological polar surface area (TPSA) is 68.7 Å². The van der Waals surface area contributed by atoms with Gasteiger partial charge in [0.1, 0.15) is 5.76 Å². The SMILES string of the molecule is CCN(Cc1ccc(C(=O)OC)o1)CC(C)(C)CN. The number of hydrogen-bond acceptors (Lipinski definition) is 5. The molecule has 5 nitrogen and oxygen atoms in total. The van der Waals surface area contributed by atoms with Crippen molar-refractivity contribution in [3.8, 4) is 0 Å². The van der Waals surface area contributed by atoms with Crippen molar-refractivity contribution in [3.05, 3.63) is 23.7 Å². The summed E-state index contributed by atoms with van der Waals surface area (Å²) in [5, 5.41) is 0. The molecule has 1 aromatic rings. The van der Waals surface area contributed by atoms with E-state index in [1.54, 1.807) is 6.07 Å². The second-order valence-corrected chi connectivity index (χ2v) is 5.43. The fourth-order valence-electron chi connectivity index (χ4n) is 1.84. The van der Waals surface area contributed by atoms with Gasteiger partial charge in [0.25, 0.3) is 0 Å². The Morgan fingerprint density at radius 1 is 1.47 bits per heavy atom. The van der Waals surface area contributed by atoms with Crippen molar-refractivity contribution < 1.29 is 13.9 Å². The predicted octanol–water partition coefficient (Wildman–Crippen LogP) is 1.87. The number of furan rings is 1. The van der Waals surface area contributed by atoms with E-state index in [0.717, 1.165) is 18.8 Å². The standard InChI is InChI=1S/C14H24N2O3/c1-5-16(10-14(2,3)9-15)8-11-6-7-12(19-11)13(17)18-4/h6-7H,5,8-10,15H2,1-4H3. The molecular weight excluding hydrogens is 244 g/mol. The third-order valence-electron chi connectivity index (χ3n) is 3.08. The number of carbonyl (C=O) groups excluding carboxylic acids is 1. The average molecular weight is 268 g/mol. The van der Waals surface area contributed by atoms with Gasteiger partial charge in [0.2, 0.25) is 5.76 Å². The van der Waals surface area contributed by atoms with Crippen molar-refractivity contribution in [2.24, 2.45) is 11.1 Å². The van der Waals surface area contributed by atoms with Gasteiger partial charge in [-0.05, 0) is 30.6 Å². The second kappa shape index (κ2) is 6.73. The summed E-state index contributed by atoms with van der Waals surface area (Å²) in [6.45, 7) is 9.45. The molecule has 0 unspecified atom stereocenters. The van der Waals surface area contributed by atoms with Gasteiger partial charge < -0.3 is 14.9 Å². The minimum atomic E-state index is -0.448. The lowest BCUT2D eigenvalue weighted by atomic mass is 9.93. The third kappa shape index (κ3) is 4.69. The lowest BCUT2D eigenvalue weighted by Crippen LogP contribution is -2.38. The lowest BCUT2D eigenvalue weighted by Gasteiger charge is -2.30. The number of nitrogens with zero attached hydrogens (tertiary/aromatic N) is 1. The predicted molar refractivity (Wildman–Crippen MR) is 73.8 cm³/mol. The number of esters is 1. The molecule has 1 heterocycles. The highest BCUT2D eigenvalue weighted by Gasteiger charge is 2.20. The monoisotopic (exact) mass is 268 g/mol. The zero-order valence-corrected chi connectivity index (χ0v) is 12.2. The zero-order valence-electron chi connectivity index (χ0n) is 12.2. The first kappa shape index (κ1) is 15.7. The molecule has 0 aromatic carbocycles. The van der Waals surface area contributed by atoms with Crippen LogP contribution >= 0.6 is 0 Å². The normalized spacial score (nSPS) is 11.9. The smallest absolute Gasteiger partial charge is 0.373 e. The molecule has 108 valence electrons. The molecule has 0 radical (unpaired) electrons. The average Bonchev–Trinajstić information content (AvgIpc) is 2.85. The van der Waals surface area contributed by atoms with E-state index in [1.165, 1.54) is 7.11 Å². The summed E-state index contributed by atoms with van der Waals surface area (Å²) in [7, 11) is 1.34. The Balaban J connectivity index is 2.66. The summed E-state index contributed by atoms with van der Waals surface area (Å²) in [5.74, 6) is 0.554. The Morgan fingerprint density at radius 2 is 2.16 bits per heavy atom. The van der Waals surface area contributed by atoms with Crippen LogP contribution in [0.5, 0.6) is 0 Å². The van der Waals surface area contributed by atoms with Gasteiger partial charge >= 0.3 is 5.97 Å². The van der Waals surface area contributed by atoms with Crippen molar-refractivity contribution >= 4 is 5.97 Å². The van der Waals surface area contributed by atoms with Gasteiger partial charge in [-0.15, -0.1) is 0 Å². The Kier molecular flexibility index (Phi) is 5.57. The Hall–Kier alpha value is -1.33. The molecule has 2 N–H and O–H groups in total. The quantitative estimate of drug-likeness (QED) is 0.765. The number of methoxy groups -OCH3 is 1. The molecule has 1 aromatic heterocycles. The highest BCUT2D eigenvalue weighted by Crippen LogP contribution is 2.18. The van der Waals surface area contributed by atoms with Gasteiger partial charge in [0.05, 0.1) is 13.7 Å². The fourth-order valence-corrected chi connectivity index (χ4v) is 1.84. The number of rotatable bonds is 7. The van der Waals surface area contributed by atoms with Crippen molar-refractivity contribution in [1.29, 1.82) is 0 Å². The number of nitrogens with two attached hydrogens (primary N) is 1. The molecule has 0 fully saturated rings. The summed E-state index contributed by atoms with van der Waals surface area (Å²) >= 11 is 0. The lowest BCUT2D eigenvalue weighted by molar-refractivity contribution is 0.0560. The minimum absolute atomic E-state index is 0.0633. The molecule has 1 rings (SSSR count). The summed E-state index contributed by atoms with van der Waals surface area (Å²) in [4.78, 5) is 13.6. The molecule has 0 spiro atoms. The maximum Gasteiger partial charge on any atom is 0.373 e. The van der Waals surface area contributed by atoms with Crippen LogP contribution in [0.4, 0.5) is 0 Å². The molecule has 5 heteroatoms. The third-order valence-corrected chi connectivity index (χ3v) is 3.08. The Bertz CT molecular complexity index is 413. The van der Waals surface area contributed by atoms with Crippen molar-refractivity contribution in [2.45, 2.75) is 27.3 Å². The van der Waals surface area contributed by atoms with Crippen LogP contribution in [-0.4, -0.2) is 37.6 Å². The summed E-state index contributed by atoms with van der Waals surface area (Å²) in [6, 6.07) is 3.45. The fraction of sp³-hybridized carbons (Fsp3) is 0.643. The zero-order chi connectivity index (χ0) is 14.5. The van der Waals surface area contributed by atoms with Crippen molar-refractivity contribution in [1.82, 2.24) is 4.90 Å². The molecule has 0 atom stereocenters.